The number of pyridine rings is 1. The summed E-state index contributed by atoms with van der Waals surface area (Å²) in [6.07, 6.45) is 0. The first-order valence-corrected chi connectivity index (χ1v) is 5.74. The summed E-state index contributed by atoms with van der Waals surface area (Å²) in [7, 11) is 0. The molecule has 2 rings (SSSR count). The summed E-state index contributed by atoms with van der Waals surface area (Å²) >= 11 is 0. The molecule has 0 spiro atoms. The molecule has 0 aliphatic heterocycles. The minimum absolute atomic E-state index is 0.0639. The van der Waals surface area contributed by atoms with Gasteiger partial charge in [-0.05, 0) is 13.0 Å². The van der Waals surface area contributed by atoms with Crippen LogP contribution in [0.3, 0.4) is 0 Å². The van der Waals surface area contributed by atoms with Crippen LogP contribution in [0.2, 0.25) is 0 Å². The summed E-state index contributed by atoms with van der Waals surface area (Å²) in [6.45, 7) is 0.737. The lowest BCUT2D eigenvalue weighted by Crippen LogP contribution is -2.23. The second-order valence-corrected chi connectivity index (χ2v) is 4.27. The molecule has 5 nitrogen and oxygen atoms in total. The van der Waals surface area contributed by atoms with Gasteiger partial charge in [0.05, 0.1) is 12.1 Å². The van der Waals surface area contributed by atoms with Crippen molar-refractivity contribution < 1.29 is 23.8 Å². The molecule has 1 heterocycles. The van der Waals surface area contributed by atoms with Gasteiger partial charge in [-0.3, -0.25) is 4.79 Å². The van der Waals surface area contributed by atoms with E-state index in [-0.39, 0.29) is 28.7 Å². The van der Waals surface area contributed by atoms with Crippen LogP contribution in [0.4, 0.5) is 8.78 Å². The summed E-state index contributed by atoms with van der Waals surface area (Å²) in [6, 6.07) is 1.49. The van der Waals surface area contributed by atoms with Crippen LogP contribution < -0.4 is 5.43 Å². The zero-order valence-corrected chi connectivity index (χ0v) is 10.5. The van der Waals surface area contributed by atoms with Crippen LogP contribution in [0.15, 0.2) is 16.9 Å². The summed E-state index contributed by atoms with van der Waals surface area (Å²) in [5.41, 5.74) is -1.18. The smallest absolute Gasteiger partial charge is 0.352 e. The number of aliphatic hydroxyl groups excluding tert-OH is 1. The van der Waals surface area contributed by atoms with Crippen LogP contribution in [-0.4, -0.2) is 27.4 Å². The number of carbonyl (C=O) groups is 1. The maximum Gasteiger partial charge on any atom is 0.352 e. The van der Waals surface area contributed by atoms with E-state index >= 15 is 0 Å². The quantitative estimate of drug-likeness (QED) is 0.889. The molecule has 0 amide bonds. The van der Waals surface area contributed by atoms with E-state index in [1.165, 1.54) is 6.92 Å². The van der Waals surface area contributed by atoms with Crippen molar-refractivity contribution in [3.63, 3.8) is 0 Å². The average molecular weight is 283 g/mol. The molecule has 7 heteroatoms. The van der Waals surface area contributed by atoms with Gasteiger partial charge >= 0.3 is 5.97 Å². The minimum atomic E-state index is -1.38. The highest BCUT2D eigenvalue weighted by Gasteiger charge is 2.20. The van der Waals surface area contributed by atoms with Gasteiger partial charge in [0.2, 0.25) is 0 Å². The van der Waals surface area contributed by atoms with Crippen molar-refractivity contribution in [2.75, 3.05) is 6.61 Å². The van der Waals surface area contributed by atoms with Crippen LogP contribution in [0.1, 0.15) is 16.1 Å². The lowest BCUT2D eigenvalue weighted by atomic mass is 10.1. The second-order valence-electron chi connectivity index (χ2n) is 4.27. The van der Waals surface area contributed by atoms with Gasteiger partial charge in [0.25, 0.3) is 0 Å². The normalized spacial score (nSPS) is 11.0. The topological polar surface area (TPSA) is 79.5 Å². The monoisotopic (exact) mass is 283 g/mol. The second kappa shape index (κ2) is 5.01. The number of halogens is 2. The molecule has 0 bridgehead atoms. The first-order valence-electron chi connectivity index (χ1n) is 5.74. The Morgan fingerprint density at radius 1 is 1.30 bits per heavy atom. The van der Waals surface area contributed by atoms with Crippen LogP contribution >= 0.6 is 0 Å². The van der Waals surface area contributed by atoms with Gasteiger partial charge in [-0.15, -0.1) is 0 Å². The standard InChI is InChI=1S/C13H11F2NO4/c1-6-11(13(19)20)16(2-3-17)10-5-9(15)8(14)4-7(10)12(6)18/h4-5,17H,2-3H2,1H3,(H,19,20). The number of fused-ring (bicyclic) bond motifs is 1. The largest absolute Gasteiger partial charge is 0.477 e. The Kier molecular flexibility index (Phi) is 3.54. The van der Waals surface area contributed by atoms with E-state index in [1.807, 2.05) is 0 Å². The van der Waals surface area contributed by atoms with Gasteiger partial charge in [0.1, 0.15) is 5.69 Å². The molecule has 0 fully saturated rings. The number of aromatic carboxylic acids is 1. The number of hydrogen-bond donors (Lipinski definition) is 2. The third-order valence-electron chi connectivity index (χ3n) is 3.07. The molecule has 106 valence electrons. The van der Waals surface area contributed by atoms with E-state index < -0.39 is 29.6 Å². The first kappa shape index (κ1) is 14.1. The molecule has 1 aromatic carbocycles. The number of carboxylic acids is 1. The maximum absolute atomic E-state index is 13.3. The Hall–Kier alpha value is -2.28. The molecule has 0 aliphatic rings. The highest BCUT2D eigenvalue weighted by molar-refractivity contribution is 5.92. The van der Waals surface area contributed by atoms with E-state index in [0.29, 0.717) is 0 Å². The number of hydrogen-bond acceptors (Lipinski definition) is 3. The van der Waals surface area contributed by atoms with Gasteiger partial charge in [0.15, 0.2) is 17.1 Å². The third kappa shape index (κ3) is 2.05. The van der Waals surface area contributed by atoms with Gasteiger partial charge in [0, 0.05) is 23.6 Å². The number of rotatable bonds is 3. The van der Waals surface area contributed by atoms with Crippen molar-refractivity contribution in [3.8, 4) is 0 Å². The van der Waals surface area contributed by atoms with Crippen LogP contribution in [0.25, 0.3) is 10.9 Å². The van der Waals surface area contributed by atoms with E-state index in [4.69, 9.17) is 5.11 Å². The number of benzene rings is 1. The molecule has 0 unspecified atom stereocenters. The molecular formula is C13H11F2NO4. The molecule has 1 aromatic heterocycles. The third-order valence-corrected chi connectivity index (χ3v) is 3.07. The molecule has 20 heavy (non-hydrogen) atoms. The summed E-state index contributed by atoms with van der Waals surface area (Å²) < 4.78 is 27.7. The van der Waals surface area contributed by atoms with Gasteiger partial charge < -0.3 is 14.8 Å². The van der Waals surface area contributed by atoms with Crippen molar-refractivity contribution >= 4 is 16.9 Å². The Balaban J connectivity index is 3.04. The molecule has 0 saturated carbocycles. The summed E-state index contributed by atoms with van der Waals surface area (Å²) in [5, 5.41) is 18.1. The zero-order chi connectivity index (χ0) is 15.0. The van der Waals surface area contributed by atoms with Gasteiger partial charge in [-0.2, -0.15) is 0 Å². The van der Waals surface area contributed by atoms with E-state index in [1.54, 1.807) is 0 Å². The molecule has 2 aromatic rings. The Morgan fingerprint density at radius 3 is 2.45 bits per heavy atom. The van der Waals surface area contributed by atoms with E-state index in [0.717, 1.165) is 16.7 Å². The fourth-order valence-corrected chi connectivity index (χ4v) is 2.18. The molecule has 2 N–H and O–H groups in total. The van der Waals surface area contributed by atoms with Crippen molar-refractivity contribution in [1.29, 1.82) is 0 Å². The molecule has 0 aliphatic carbocycles. The predicted molar refractivity (Wildman–Crippen MR) is 66.9 cm³/mol. The molecule has 0 atom stereocenters. The number of nitrogens with zero attached hydrogens (tertiary/aromatic N) is 1. The fourth-order valence-electron chi connectivity index (χ4n) is 2.18. The van der Waals surface area contributed by atoms with Crippen molar-refractivity contribution in [2.24, 2.45) is 0 Å². The van der Waals surface area contributed by atoms with Gasteiger partial charge in [-0.25, -0.2) is 13.6 Å². The van der Waals surface area contributed by atoms with E-state index in [2.05, 4.69) is 0 Å². The van der Waals surface area contributed by atoms with Crippen LogP contribution in [0.5, 0.6) is 0 Å². The summed E-state index contributed by atoms with van der Waals surface area (Å²) in [4.78, 5) is 23.3. The Morgan fingerprint density at radius 2 is 1.90 bits per heavy atom. The number of aliphatic hydroxyl groups is 1. The predicted octanol–water partition coefficient (Wildman–Crippen LogP) is 1.28. The number of aromatic nitrogens is 1. The average Bonchev–Trinajstić information content (AvgIpc) is 2.38. The van der Waals surface area contributed by atoms with Crippen molar-refractivity contribution in [1.82, 2.24) is 4.57 Å². The molecular weight excluding hydrogens is 272 g/mol. The van der Waals surface area contributed by atoms with Crippen molar-refractivity contribution in [3.05, 3.63) is 45.2 Å². The Bertz CT molecular complexity index is 767. The van der Waals surface area contributed by atoms with E-state index in [9.17, 15) is 23.5 Å². The molecule has 0 saturated heterocycles. The van der Waals surface area contributed by atoms with Crippen LogP contribution in [-0.2, 0) is 6.54 Å². The zero-order valence-electron chi connectivity index (χ0n) is 10.5. The number of carboxylic acid groups (broad SMARTS) is 1. The maximum atomic E-state index is 13.3. The van der Waals surface area contributed by atoms with Gasteiger partial charge in [-0.1, -0.05) is 0 Å². The molecule has 0 radical (unpaired) electrons. The lowest BCUT2D eigenvalue weighted by Gasteiger charge is -2.15. The minimum Gasteiger partial charge on any atom is -0.477 e. The highest BCUT2D eigenvalue weighted by atomic mass is 19.2. The summed E-state index contributed by atoms with van der Waals surface area (Å²) in [5.74, 6) is -3.75. The van der Waals surface area contributed by atoms with Crippen molar-refractivity contribution in [2.45, 2.75) is 13.5 Å². The van der Waals surface area contributed by atoms with Crippen LogP contribution in [0, 0.1) is 18.6 Å². The first-order chi connectivity index (χ1) is 9.38. The Labute approximate surface area is 111 Å². The highest BCUT2D eigenvalue weighted by Crippen LogP contribution is 2.19. The lowest BCUT2D eigenvalue weighted by molar-refractivity contribution is 0.0682. The SMILES string of the molecule is Cc1c(C(=O)O)n(CCO)c2cc(F)c(F)cc2c1=O. The fraction of sp³-hybridized carbons (Fsp3) is 0.231.